The molecule has 0 bridgehead atoms. The molecule has 5 nitrogen and oxygen atoms in total. The second-order valence-electron chi connectivity index (χ2n) is 4.37. The molecule has 0 aliphatic carbocycles. The number of aldehydes is 1. The summed E-state index contributed by atoms with van der Waals surface area (Å²) in [5.41, 5.74) is 0.182. The minimum absolute atomic E-state index is 0.145. The van der Waals surface area contributed by atoms with Gasteiger partial charge in [-0.2, -0.15) is 0 Å². The highest BCUT2D eigenvalue weighted by Crippen LogP contribution is 2.03. The Morgan fingerprint density at radius 3 is 2.61 bits per heavy atom. The van der Waals surface area contributed by atoms with E-state index >= 15 is 0 Å². The Morgan fingerprint density at radius 2 is 2.11 bits per heavy atom. The molecule has 1 unspecified atom stereocenters. The van der Waals surface area contributed by atoms with Gasteiger partial charge >= 0.3 is 0 Å². The zero-order valence-electron chi connectivity index (χ0n) is 10.4. The molecule has 0 saturated heterocycles. The molecule has 1 aromatic heterocycles. The van der Waals surface area contributed by atoms with Gasteiger partial charge in [0.15, 0.2) is 5.78 Å². The van der Waals surface area contributed by atoms with E-state index in [2.05, 4.69) is 10.3 Å². The van der Waals surface area contributed by atoms with Crippen molar-refractivity contribution >= 4 is 18.0 Å². The van der Waals surface area contributed by atoms with Gasteiger partial charge in [-0.15, -0.1) is 0 Å². The lowest BCUT2D eigenvalue weighted by molar-refractivity contribution is -0.125. The second-order valence-corrected chi connectivity index (χ2v) is 4.37. The van der Waals surface area contributed by atoms with Crippen LogP contribution in [0.1, 0.15) is 30.8 Å². The largest absolute Gasteiger partial charge is 0.334 e. The summed E-state index contributed by atoms with van der Waals surface area (Å²) in [7, 11) is 0. The molecular formula is C13H16N2O3. The van der Waals surface area contributed by atoms with Gasteiger partial charge in [-0.25, -0.2) is 0 Å². The fraction of sp³-hybridized carbons (Fsp3) is 0.385. The summed E-state index contributed by atoms with van der Waals surface area (Å²) >= 11 is 0. The van der Waals surface area contributed by atoms with Crippen LogP contribution in [0.5, 0.6) is 0 Å². The van der Waals surface area contributed by atoms with Crippen LogP contribution in [0.3, 0.4) is 0 Å². The molecule has 0 spiro atoms. The van der Waals surface area contributed by atoms with E-state index in [1.165, 1.54) is 12.3 Å². The molecule has 0 aromatic carbocycles. The predicted molar refractivity (Wildman–Crippen MR) is 66.0 cm³/mol. The van der Waals surface area contributed by atoms with Crippen molar-refractivity contribution in [2.24, 2.45) is 5.92 Å². The molecule has 0 saturated carbocycles. The number of nitrogens with zero attached hydrogens (tertiary/aromatic N) is 1. The molecule has 1 rings (SSSR count). The number of nitrogens with one attached hydrogen (secondary N) is 1. The Balaban J connectivity index is 2.67. The van der Waals surface area contributed by atoms with Gasteiger partial charge < -0.3 is 10.1 Å². The third-order valence-corrected chi connectivity index (χ3v) is 2.28. The van der Waals surface area contributed by atoms with Crippen molar-refractivity contribution in [3.05, 3.63) is 30.1 Å². The summed E-state index contributed by atoms with van der Waals surface area (Å²) in [6, 6.07) is 3.76. The van der Waals surface area contributed by atoms with Crippen LogP contribution in [0, 0.1) is 5.92 Å². The number of carbonyl (C=O) groups excluding carboxylic acids is 3. The summed E-state index contributed by atoms with van der Waals surface area (Å²) < 4.78 is 0. The minimum Gasteiger partial charge on any atom is -0.334 e. The number of amides is 1. The Morgan fingerprint density at radius 1 is 1.39 bits per heavy atom. The maximum absolute atomic E-state index is 11.7. The number of rotatable bonds is 6. The third-order valence-electron chi connectivity index (χ3n) is 2.28. The summed E-state index contributed by atoms with van der Waals surface area (Å²) in [5.74, 6) is -0.666. The van der Waals surface area contributed by atoms with Crippen molar-refractivity contribution in [2.45, 2.75) is 26.3 Å². The lowest BCUT2D eigenvalue weighted by Gasteiger charge is -2.12. The van der Waals surface area contributed by atoms with Crippen LogP contribution < -0.4 is 5.32 Å². The zero-order valence-corrected chi connectivity index (χ0v) is 10.4. The Bertz CT molecular complexity index is 429. The highest BCUT2D eigenvalue weighted by Gasteiger charge is 2.21. The van der Waals surface area contributed by atoms with Gasteiger partial charge in [-0.05, 0) is 18.1 Å². The average Bonchev–Trinajstić information content (AvgIpc) is 2.35. The van der Waals surface area contributed by atoms with Gasteiger partial charge in [0.05, 0.1) is 0 Å². The molecule has 0 fully saturated rings. The van der Waals surface area contributed by atoms with Gasteiger partial charge in [0.1, 0.15) is 18.0 Å². The molecule has 18 heavy (non-hydrogen) atoms. The average molecular weight is 248 g/mol. The van der Waals surface area contributed by atoms with E-state index in [9.17, 15) is 14.4 Å². The lowest BCUT2D eigenvalue weighted by Crippen LogP contribution is -2.42. The highest BCUT2D eigenvalue weighted by atomic mass is 16.2. The minimum atomic E-state index is -1.10. The standard InChI is InChI=1S/C13H16N2O3/c1-9(2)7-12(17)11(8-16)15-13(18)10-5-3-4-6-14-10/h3-6,8-9,11H,7H2,1-2H3,(H,15,18). The third kappa shape index (κ3) is 4.08. The summed E-state index contributed by atoms with van der Waals surface area (Å²) in [6.45, 7) is 3.75. The van der Waals surface area contributed by atoms with Crippen LogP contribution >= 0.6 is 0 Å². The molecule has 1 atom stereocenters. The van der Waals surface area contributed by atoms with E-state index in [-0.39, 0.29) is 23.8 Å². The van der Waals surface area contributed by atoms with E-state index in [4.69, 9.17) is 0 Å². The quantitative estimate of drug-likeness (QED) is 0.601. The predicted octanol–water partition coefficient (Wildman–Crippen LogP) is 0.994. The van der Waals surface area contributed by atoms with E-state index in [0.717, 1.165) is 0 Å². The van der Waals surface area contributed by atoms with Crippen LogP contribution in [-0.2, 0) is 9.59 Å². The van der Waals surface area contributed by atoms with Gasteiger partial charge in [-0.3, -0.25) is 14.6 Å². The molecular weight excluding hydrogens is 232 g/mol. The van der Waals surface area contributed by atoms with Gasteiger partial charge in [0.25, 0.3) is 5.91 Å². The van der Waals surface area contributed by atoms with E-state index in [1.807, 2.05) is 13.8 Å². The fourth-order valence-corrected chi connectivity index (χ4v) is 1.43. The number of pyridine rings is 1. The van der Waals surface area contributed by atoms with Crippen molar-refractivity contribution in [1.29, 1.82) is 0 Å². The van der Waals surface area contributed by atoms with Gasteiger partial charge in [0, 0.05) is 12.6 Å². The van der Waals surface area contributed by atoms with Crippen LogP contribution in [0.2, 0.25) is 0 Å². The first-order valence-corrected chi connectivity index (χ1v) is 5.74. The molecule has 96 valence electrons. The van der Waals surface area contributed by atoms with Crippen molar-refractivity contribution in [1.82, 2.24) is 10.3 Å². The maximum atomic E-state index is 11.7. The van der Waals surface area contributed by atoms with Gasteiger partial charge in [-0.1, -0.05) is 19.9 Å². The summed E-state index contributed by atoms with van der Waals surface area (Å²) in [6.07, 6.45) is 2.18. The van der Waals surface area contributed by atoms with E-state index in [0.29, 0.717) is 6.29 Å². The molecule has 0 aliphatic rings. The van der Waals surface area contributed by atoms with Crippen LogP contribution in [0.15, 0.2) is 24.4 Å². The summed E-state index contributed by atoms with van der Waals surface area (Å²) in [5, 5.41) is 2.37. The lowest BCUT2D eigenvalue weighted by atomic mass is 10.0. The number of hydrogen-bond donors (Lipinski definition) is 1. The normalized spacial score (nSPS) is 11.9. The monoisotopic (exact) mass is 248 g/mol. The molecule has 5 heteroatoms. The maximum Gasteiger partial charge on any atom is 0.270 e. The highest BCUT2D eigenvalue weighted by molar-refractivity contribution is 6.03. The van der Waals surface area contributed by atoms with Crippen LogP contribution in [0.25, 0.3) is 0 Å². The number of ketones is 1. The SMILES string of the molecule is CC(C)CC(=O)C(C=O)NC(=O)c1ccccn1. The summed E-state index contributed by atoms with van der Waals surface area (Å²) in [4.78, 5) is 38.1. The van der Waals surface area contributed by atoms with Crippen molar-refractivity contribution in [3.63, 3.8) is 0 Å². The molecule has 1 N–H and O–H groups in total. The Labute approximate surface area is 106 Å². The van der Waals surface area contributed by atoms with Crippen molar-refractivity contribution in [2.75, 3.05) is 0 Å². The second kappa shape index (κ2) is 6.64. The number of Topliss-reactive ketones (excluding diaryl/α,β-unsaturated/α-hetero) is 1. The molecule has 1 heterocycles. The van der Waals surface area contributed by atoms with E-state index < -0.39 is 11.9 Å². The zero-order chi connectivity index (χ0) is 13.5. The van der Waals surface area contributed by atoms with Crippen LogP contribution in [0.4, 0.5) is 0 Å². The first-order valence-electron chi connectivity index (χ1n) is 5.74. The van der Waals surface area contributed by atoms with Crippen molar-refractivity contribution in [3.8, 4) is 0 Å². The topological polar surface area (TPSA) is 76.1 Å². The Hall–Kier alpha value is -2.04. The number of hydrogen-bond acceptors (Lipinski definition) is 4. The molecule has 1 amide bonds. The first kappa shape index (κ1) is 14.0. The van der Waals surface area contributed by atoms with Crippen molar-refractivity contribution < 1.29 is 14.4 Å². The number of carbonyl (C=O) groups is 3. The van der Waals surface area contributed by atoms with E-state index in [1.54, 1.807) is 12.1 Å². The van der Waals surface area contributed by atoms with Crippen LogP contribution in [-0.4, -0.2) is 29.0 Å². The fourth-order valence-electron chi connectivity index (χ4n) is 1.43. The smallest absolute Gasteiger partial charge is 0.270 e. The molecule has 0 aliphatic heterocycles. The Kier molecular flexibility index (Phi) is 5.17. The first-order chi connectivity index (χ1) is 8.54. The van der Waals surface area contributed by atoms with Gasteiger partial charge in [0.2, 0.25) is 0 Å². The number of aromatic nitrogens is 1. The molecule has 1 aromatic rings. The molecule has 0 radical (unpaired) electrons.